The first-order valence-electron chi connectivity index (χ1n) is 9.48. The number of hydrogen-bond acceptors (Lipinski definition) is 6. The highest BCUT2D eigenvalue weighted by molar-refractivity contribution is 7.99. The quantitative estimate of drug-likeness (QED) is 0.196. The Morgan fingerprint density at radius 2 is 1.79 bits per heavy atom. The summed E-state index contributed by atoms with van der Waals surface area (Å²) in [4.78, 5) is 40.0. The number of halogens is 2. The van der Waals surface area contributed by atoms with Crippen molar-refractivity contribution in [1.82, 2.24) is 9.55 Å². The molecule has 0 fully saturated rings. The number of nitro benzene ring substituents is 1. The Morgan fingerprint density at radius 1 is 1.06 bits per heavy atom. The van der Waals surface area contributed by atoms with Crippen molar-refractivity contribution in [3.63, 3.8) is 0 Å². The Hall–Kier alpha value is -4.12. The van der Waals surface area contributed by atoms with Gasteiger partial charge in [0, 0.05) is 11.8 Å². The summed E-state index contributed by atoms with van der Waals surface area (Å²) < 4.78 is 29.1. The molecule has 4 rings (SSSR count). The zero-order valence-corrected chi connectivity index (χ0v) is 17.5. The van der Waals surface area contributed by atoms with E-state index in [2.05, 4.69) is 10.3 Å². The van der Waals surface area contributed by atoms with Crippen LogP contribution in [0.25, 0.3) is 16.6 Å². The Kier molecular flexibility index (Phi) is 6.13. The lowest BCUT2D eigenvalue weighted by molar-refractivity contribution is -0.387. The minimum atomic E-state index is -1.03. The fraction of sp³-hybridized carbons (Fsp3) is 0.0455. The molecule has 1 aromatic heterocycles. The zero-order valence-electron chi connectivity index (χ0n) is 16.7. The summed E-state index contributed by atoms with van der Waals surface area (Å²) in [7, 11) is 0. The van der Waals surface area contributed by atoms with E-state index in [0.29, 0.717) is 5.52 Å². The SMILES string of the molecule is O=C(CSc1nc2ccccc2c(=O)n1-c1ccccc1F)Nc1ccc(F)c([N+](=O)[O-])c1. The average molecular weight is 468 g/mol. The number of thioether (sulfide) groups is 1. The van der Waals surface area contributed by atoms with E-state index in [9.17, 15) is 28.5 Å². The van der Waals surface area contributed by atoms with E-state index in [4.69, 9.17) is 0 Å². The number of nitrogens with zero attached hydrogens (tertiary/aromatic N) is 3. The molecule has 33 heavy (non-hydrogen) atoms. The Labute approximate surface area is 189 Å². The van der Waals surface area contributed by atoms with E-state index >= 15 is 0 Å². The van der Waals surface area contributed by atoms with Crippen molar-refractivity contribution in [1.29, 1.82) is 0 Å². The van der Waals surface area contributed by atoms with Crippen LogP contribution < -0.4 is 10.9 Å². The van der Waals surface area contributed by atoms with Gasteiger partial charge in [-0.2, -0.15) is 4.39 Å². The summed E-state index contributed by atoms with van der Waals surface area (Å²) in [5.41, 5.74) is -0.871. The Balaban J connectivity index is 1.65. The number of para-hydroxylation sites is 2. The van der Waals surface area contributed by atoms with Crippen LogP contribution in [-0.2, 0) is 4.79 Å². The van der Waals surface area contributed by atoms with Gasteiger partial charge in [0.25, 0.3) is 5.56 Å². The number of benzene rings is 3. The molecule has 0 unspecified atom stereocenters. The highest BCUT2D eigenvalue weighted by atomic mass is 32.2. The van der Waals surface area contributed by atoms with Crippen molar-refractivity contribution in [2.24, 2.45) is 0 Å². The molecule has 0 atom stereocenters. The smallest absolute Gasteiger partial charge is 0.306 e. The number of anilines is 1. The molecule has 0 aliphatic rings. The van der Waals surface area contributed by atoms with E-state index < -0.39 is 33.7 Å². The molecule has 0 spiro atoms. The molecule has 0 radical (unpaired) electrons. The summed E-state index contributed by atoms with van der Waals surface area (Å²) in [5, 5.41) is 13.7. The van der Waals surface area contributed by atoms with E-state index in [1.807, 2.05) is 0 Å². The van der Waals surface area contributed by atoms with Gasteiger partial charge in [-0.15, -0.1) is 0 Å². The molecule has 1 heterocycles. The predicted octanol–water partition coefficient (Wildman–Crippen LogP) is 4.30. The molecular formula is C22H14F2N4O4S. The first-order chi connectivity index (χ1) is 15.8. The maximum Gasteiger partial charge on any atom is 0.306 e. The Bertz CT molecular complexity index is 1460. The van der Waals surface area contributed by atoms with Crippen LogP contribution in [0.2, 0.25) is 0 Å². The van der Waals surface area contributed by atoms with Gasteiger partial charge < -0.3 is 5.32 Å². The highest BCUT2D eigenvalue weighted by Crippen LogP contribution is 2.24. The molecule has 166 valence electrons. The second-order valence-corrected chi connectivity index (χ2v) is 7.71. The van der Waals surface area contributed by atoms with Crippen LogP contribution >= 0.6 is 11.8 Å². The van der Waals surface area contributed by atoms with Gasteiger partial charge in [-0.3, -0.25) is 24.3 Å². The van der Waals surface area contributed by atoms with E-state index in [-0.39, 0.29) is 27.7 Å². The minimum Gasteiger partial charge on any atom is -0.325 e. The van der Waals surface area contributed by atoms with E-state index in [0.717, 1.165) is 28.5 Å². The number of aromatic nitrogens is 2. The number of carbonyl (C=O) groups excluding carboxylic acids is 1. The summed E-state index contributed by atoms with van der Waals surface area (Å²) in [5.74, 6) is -2.49. The van der Waals surface area contributed by atoms with Crippen molar-refractivity contribution in [2.75, 3.05) is 11.1 Å². The van der Waals surface area contributed by atoms with Gasteiger partial charge in [-0.25, -0.2) is 9.37 Å². The largest absolute Gasteiger partial charge is 0.325 e. The third-order valence-electron chi connectivity index (χ3n) is 4.60. The second kappa shape index (κ2) is 9.17. The highest BCUT2D eigenvalue weighted by Gasteiger charge is 2.18. The van der Waals surface area contributed by atoms with Gasteiger partial charge in [-0.05, 0) is 36.4 Å². The van der Waals surface area contributed by atoms with Crippen LogP contribution in [0, 0.1) is 21.7 Å². The number of nitrogens with one attached hydrogen (secondary N) is 1. The Morgan fingerprint density at radius 3 is 2.55 bits per heavy atom. The summed E-state index contributed by atoms with van der Waals surface area (Å²) in [6, 6.07) is 15.2. The predicted molar refractivity (Wildman–Crippen MR) is 120 cm³/mol. The average Bonchev–Trinajstić information content (AvgIpc) is 2.80. The minimum absolute atomic E-state index is 0.0159. The molecule has 0 saturated carbocycles. The van der Waals surface area contributed by atoms with Crippen molar-refractivity contribution in [3.05, 3.63) is 98.8 Å². The molecule has 0 bridgehead atoms. The van der Waals surface area contributed by atoms with Gasteiger partial charge >= 0.3 is 5.69 Å². The monoisotopic (exact) mass is 468 g/mol. The number of rotatable bonds is 6. The lowest BCUT2D eigenvalue weighted by atomic mass is 10.2. The third-order valence-corrected chi connectivity index (χ3v) is 5.54. The number of nitro groups is 1. The van der Waals surface area contributed by atoms with Gasteiger partial charge in [0.1, 0.15) is 5.82 Å². The third kappa shape index (κ3) is 4.58. The zero-order chi connectivity index (χ0) is 23.5. The summed E-state index contributed by atoms with van der Waals surface area (Å²) >= 11 is 0.886. The topological polar surface area (TPSA) is 107 Å². The molecule has 1 N–H and O–H groups in total. The van der Waals surface area contributed by atoms with Crippen LogP contribution in [0.4, 0.5) is 20.2 Å². The van der Waals surface area contributed by atoms with Gasteiger partial charge in [0.2, 0.25) is 11.7 Å². The number of hydrogen-bond donors (Lipinski definition) is 1. The van der Waals surface area contributed by atoms with E-state index in [1.54, 1.807) is 30.3 Å². The van der Waals surface area contributed by atoms with Crippen LogP contribution in [0.3, 0.4) is 0 Å². The van der Waals surface area contributed by atoms with Crippen LogP contribution in [0.1, 0.15) is 0 Å². The molecular weight excluding hydrogens is 454 g/mol. The molecule has 4 aromatic rings. The van der Waals surface area contributed by atoms with Gasteiger partial charge in [0.15, 0.2) is 5.16 Å². The first kappa shape index (κ1) is 22.1. The molecule has 3 aromatic carbocycles. The second-order valence-electron chi connectivity index (χ2n) is 6.76. The lowest BCUT2D eigenvalue weighted by Crippen LogP contribution is -2.23. The molecule has 8 nitrogen and oxygen atoms in total. The van der Waals surface area contributed by atoms with Crippen LogP contribution in [0.15, 0.2) is 76.7 Å². The van der Waals surface area contributed by atoms with Crippen molar-refractivity contribution in [3.8, 4) is 5.69 Å². The van der Waals surface area contributed by atoms with E-state index in [1.165, 1.54) is 24.3 Å². The van der Waals surface area contributed by atoms with Gasteiger partial charge in [0.05, 0.1) is 27.3 Å². The standard InChI is InChI=1S/C22H14F2N4O4S/c23-15-6-2-4-8-18(15)27-21(30)14-5-1-3-7-17(14)26-22(27)33-12-20(29)25-13-9-10-16(24)19(11-13)28(31)32/h1-11H,12H2,(H,25,29). The summed E-state index contributed by atoms with van der Waals surface area (Å²) in [6.07, 6.45) is 0. The summed E-state index contributed by atoms with van der Waals surface area (Å²) in [6.45, 7) is 0. The molecule has 0 aliphatic heterocycles. The lowest BCUT2D eigenvalue weighted by Gasteiger charge is -2.14. The van der Waals surface area contributed by atoms with Crippen molar-refractivity contribution in [2.45, 2.75) is 5.16 Å². The molecule has 0 aliphatic carbocycles. The van der Waals surface area contributed by atoms with Crippen LogP contribution in [0.5, 0.6) is 0 Å². The molecule has 1 amide bonds. The number of carbonyl (C=O) groups is 1. The molecule has 11 heteroatoms. The maximum atomic E-state index is 14.5. The number of fused-ring (bicyclic) bond motifs is 1. The van der Waals surface area contributed by atoms with Crippen molar-refractivity contribution >= 4 is 39.9 Å². The van der Waals surface area contributed by atoms with Crippen molar-refractivity contribution < 1.29 is 18.5 Å². The van der Waals surface area contributed by atoms with Gasteiger partial charge in [-0.1, -0.05) is 36.0 Å². The fourth-order valence-corrected chi connectivity index (χ4v) is 3.92. The fourth-order valence-electron chi connectivity index (χ4n) is 3.11. The number of amides is 1. The normalized spacial score (nSPS) is 10.8. The molecule has 0 saturated heterocycles. The maximum absolute atomic E-state index is 14.5. The first-order valence-corrected chi connectivity index (χ1v) is 10.5. The van der Waals surface area contributed by atoms with Crippen LogP contribution in [-0.4, -0.2) is 26.1 Å².